The summed E-state index contributed by atoms with van der Waals surface area (Å²) in [5, 5.41) is 7.68. The molecule has 3 aliphatic rings. The number of thiazole rings is 1. The molecule has 4 heterocycles. The van der Waals surface area contributed by atoms with Crippen molar-refractivity contribution in [1.82, 2.24) is 15.2 Å². The Labute approximate surface area is 157 Å². The number of fused-ring (bicyclic) bond motifs is 3. The number of amides is 2. The molecule has 7 heteroatoms. The van der Waals surface area contributed by atoms with Gasteiger partial charge in [0.05, 0.1) is 12.2 Å². The van der Waals surface area contributed by atoms with Crippen molar-refractivity contribution in [1.29, 1.82) is 0 Å². The summed E-state index contributed by atoms with van der Waals surface area (Å²) in [4.78, 5) is 23.2. The molecule has 2 bridgehead atoms. The maximum atomic E-state index is 12.6. The number of nitrogens with one attached hydrogen (secondary N) is 2. The van der Waals surface area contributed by atoms with Crippen LogP contribution < -0.4 is 15.5 Å². The molecule has 2 fully saturated rings. The molecule has 2 aromatic rings. The highest BCUT2D eigenvalue weighted by Crippen LogP contribution is 2.38. The number of para-hydroxylation sites is 1. The minimum absolute atomic E-state index is 0.0287. The number of carbonyl (C=O) groups excluding carboxylic acids is 1. The number of urea groups is 1. The third-order valence-electron chi connectivity index (χ3n) is 5.63. The van der Waals surface area contributed by atoms with E-state index in [2.05, 4.69) is 15.5 Å². The van der Waals surface area contributed by atoms with Crippen LogP contribution in [0.15, 0.2) is 30.3 Å². The number of carbonyl (C=O) groups is 1. The van der Waals surface area contributed by atoms with Gasteiger partial charge in [-0.25, -0.2) is 9.78 Å². The molecule has 6 nitrogen and oxygen atoms in total. The van der Waals surface area contributed by atoms with Gasteiger partial charge in [0.1, 0.15) is 0 Å². The number of hydrogen-bond donors (Lipinski definition) is 2. The van der Waals surface area contributed by atoms with Gasteiger partial charge >= 0.3 is 6.03 Å². The predicted molar refractivity (Wildman–Crippen MR) is 104 cm³/mol. The van der Waals surface area contributed by atoms with Crippen LogP contribution in [0, 0.1) is 0 Å². The van der Waals surface area contributed by atoms with E-state index in [0.29, 0.717) is 18.6 Å². The minimum Gasteiger partial charge on any atom is -0.340 e. The summed E-state index contributed by atoms with van der Waals surface area (Å²) in [6.45, 7) is 3.51. The molecular weight excluding hydrogens is 346 g/mol. The first-order chi connectivity index (χ1) is 12.8. The van der Waals surface area contributed by atoms with Gasteiger partial charge in [0.2, 0.25) is 0 Å². The van der Waals surface area contributed by atoms with Crippen molar-refractivity contribution < 1.29 is 4.79 Å². The lowest BCUT2D eigenvalue weighted by molar-refractivity contribution is 0.207. The number of anilines is 2. The number of hydrogen-bond acceptors (Lipinski definition) is 5. The lowest BCUT2D eigenvalue weighted by Crippen LogP contribution is -2.51. The molecule has 0 spiro atoms. The maximum Gasteiger partial charge on any atom is 0.322 e. The van der Waals surface area contributed by atoms with Gasteiger partial charge in [0, 0.05) is 48.7 Å². The van der Waals surface area contributed by atoms with Crippen LogP contribution in [0.3, 0.4) is 0 Å². The fourth-order valence-corrected chi connectivity index (χ4v) is 5.55. The summed E-state index contributed by atoms with van der Waals surface area (Å²) in [5.41, 5.74) is 2.03. The van der Waals surface area contributed by atoms with Crippen LogP contribution in [0.25, 0.3) is 0 Å². The molecule has 0 saturated carbocycles. The minimum atomic E-state index is -0.0287. The average molecular weight is 369 g/mol. The Bertz CT molecular complexity index is 792. The number of aromatic nitrogens is 1. The van der Waals surface area contributed by atoms with Gasteiger partial charge in [-0.1, -0.05) is 29.5 Å². The number of piperazine rings is 1. The smallest absolute Gasteiger partial charge is 0.322 e. The van der Waals surface area contributed by atoms with Crippen LogP contribution in [0.5, 0.6) is 0 Å². The Morgan fingerprint density at radius 2 is 1.96 bits per heavy atom. The molecule has 2 amide bonds. The largest absolute Gasteiger partial charge is 0.340 e. The molecule has 2 atom stereocenters. The lowest BCUT2D eigenvalue weighted by atomic mass is 10.2. The Morgan fingerprint density at radius 1 is 1.19 bits per heavy atom. The molecule has 1 aromatic carbocycles. The number of rotatable bonds is 2. The highest BCUT2D eigenvalue weighted by atomic mass is 32.1. The van der Waals surface area contributed by atoms with E-state index in [0.717, 1.165) is 36.9 Å². The second kappa shape index (κ2) is 6.55. The van der Waals surface area contributed by atoms with Gasteiger partial charge in [0.25, 0.3) is 0 Å². The summed E-state index contributed by atoms with van der Waals surface area (Å²) < 4.78 is 0. The van der Waals surface area contributed by atoms with E-state index in [4.69, 9.17) is 4.98 Å². The van der Waals surface area contributed by atoms with Crippen LogP contribution in [0.2, 0.25) is 0 Å². The van der Waals surface area contributed by atoms with E-state index in [1.54, 1.807) is 11.3 Å². The van der Waals surface area contributed by atoms with E-state index in [-0.39, 0.29) is 6.03 Å². The van der Waals surface area contributed by atoms with Crippen molar-refractivity contribution in [3.8, 4) is 0 Å². The molecule has 0 aliphatic carbocycles. The molecule has 26 heavy (non-hydrogen) atoms. The average Bonchev–Trinajstić information content (AvgIpc) is 3.19. The van der Waals surface area contributed by atoms with E-state index < -0.39 is 0 Å². The molecule has 0 radical (unpaired) electrons. The Hall–Kier alpha value is -2.12. The lowest BCUT2D eigenvalue weighted by Gasteiger charge is -2.35. The molecule has 2 N–H and O–H groups in total. The Morgan fingerprint density at radius 3 is 2.73 bits per heavy atom. The van der Waals surface area contributed by atoms with Gasteiger partial charge in [0.15, 0.2) is 5.13 Å². The molecule has 136 valence electrons. The van der Waals surface area contributed by atoms with Crippen molar-refractivity contribution >= 4 is 28.2 Å². The third kappa shape index (κ3) is 2.85. The quantitative estimate of drug-likeness (QED) is 0.854. The van der Waals surface area contributed by atoms with Gasteiger partial charge in [-0.05, 0) is 25.0 Å². The third-order valence-corrected chi connectivity index (χ3v) is 6.73. The van der Waals surface area contributed by atoms with Crippen LogP contribution in [-0.4, -0.2) is 47.6 Å². The molecule has 2 unspecified atom stereocenters. The first kappa shape index (κ1) is 16.1. The zero-order valence-electron chi connectivity index (χ0n) is 14.6. The van der Waals surface area contributed by atoms with Gasteiger partial charge in [-0.3, -0.25) is 0 Å². The van der Waals surface area contributed by atoms with E-state index >= 15 is 0 Å². The van der Waals surface area contributed by atoms with Crippen LogP contribution >= 0.6 is 11.3 Å². The standard InChI is InChI=1S/C19H23N5OS/c25-18(21-13-4-2-1-3-5-13)23-9-8-16-17(12-23)26-19(22-16)24-14-6-7-15(24)11-20-10-14/h1-5,14-15,20H,6-12H2,(H,21,25). The Kier molecular flexibility index (Phi) is 4.05. The second-order valence-electron chi connectivity index (χ2n) is 7.28. The summed E-state index contributed by atoms with van der Waals surface area (Å²) in [6, 6.07) is 10.8. The first-order valence-corrected chi connectivity index (χ1v) is 10.2. The van der Waals surface area contributed by atoms with E-state index in [1.165, 1.54) is 23.4 Å². The van der Waals surface area contributed by atoms with E-state index in [9.17, 15) is 4.79 Å². The van der Waals surface area contributed by atoms with E-state index in [1.807, 2.05) is 35.2 Å². The predicted octanol–water partition coefficient (Wildman–Crippen LogP) is 2.67. The van der Waals surface area contributed by atoms with Crippen molar-refractivity contribution in [3.05, 3.63) is 40.9 Å². The fraction of sp³-hybridized carbons (Fsp3) is 0.474. The topological polar surface area (TPSA) is 60.5 Å². The fourth-order valence-electron chi connectivity index (χ4n) is 4.28. The van der Waals surface area contributed by atoms with Crippen LogP contribution in [0.1, 0.15) is 23.4 Å². The number of nitrogens with zero attached hydrogens (tertiary/aromatic N) is 3. The highest BCUT2D eigenvalue weighted by molar-refractivity contribution is 7.15. The highest BCUT2D eigenvalue weighted by Gasteiger charge is 2.39. The zero-order valence-corrected chi connectivity index (χ0v) is 15.5. The SMILES string of the molecule is O=C(Nc1ccccc1)N1CCc2nc(N3C4CCC3CNC4)sc2C1. The molecule has 5 rings (SSSR count). The molecular formula is C19H23N5OS. The molecule has 2 saturated heterocycles. The second-order valence-corrected chi connectivity index (χ2v) is 8.35. The van der Waals surface area contributed by atoms with Crippen molar-refractivity contribution in [2.45, 2.75) is 37.9 Å². The van der Waals surface area contributed by atoms with Crippen LogP contribution in [0.4, 0.5) is 15.6 Å². The number of benzene rings is 1. The van der Waals surface area contributed by atoms with Crippen molar-refractivity contribution in [2.75, 3.05) is 29.9 Å². The zero-order chi connectivity index (χ0) is 17.5. The van der Waals surface area contributed by atoms with Gasteiger partial charge < -0.3 is 20.4 Å². The van der Waals surface area contributed by atoms with Gasteiger partial charge in [-0.2, -0.15) is 0 Å². The first-order valence-electron chi connectivity index (χ1n) is 9.36. The van der Waals surface area contributed by atoms with Crippen molar-refractivity contribution in [3.63, 3.8) is 0 Å². The normalized spacial score (nSPS) is 24.5. The summed E-state index contributed by atoms with van der Waals surface area (Å²) in [7, 11) is 0. The summed E-state index contributed by atoms with van der Waals surface area (Å²) in [5.74, 6) is 0. The maximum absolute atomic E-state index is 12.6. The Balaban J connectivity index is 1.31. The molecule has 1 aromatic heterocycles. The monoisotopic (exact) mass is 369 g/mol. The van der Waals surface area contributed by atoms with Gasteiger partial charge in [-0.15, -0.1) is 0 Å². The molecule has 3 aliphatic heterocycles. The van der Waals surface area contributed by atoms with Crippen molar-refractivity contribution in [2.24, 2.45) is 0 Å². The summed E-state index contributed by atoms with van der Waals surface area (Å²) in [6.07, 6.45) is 3.36. The van der Waals surface area contributed by atoms with Crippen LogP contribution in [-0.2, 0) is 13.0 Å². The summed E-state index contributed by atoms with van der Waals surface area (Å²) >= 11 is 1.78.